The molecule has 1 aliphatic rings. The summed E-state index contributed by atoms with van der Waals surface area (Å²) >= 11 is 0. The van der Waals surface area contributed by atoms with Crippen LogP contribution in [0.5, 0.6) is 0 Å². The van der Waals surface area contributed by atoms with Gasteiger partial charge in [0.1, 0.15) is 0 Å². The molecule has 1 saturated carbocycles. The van der Waals surface area contributed by atoms with Crippen molar-refractivity contribution in [3.05, 3.63) is 29.8 Å². The van der Waals surface area contributed by atoms with Crippen LogP contribution in [0, 0.1) is 11.8 Å². The van der Waals surface area contributed by atoms with Crippen LogP contribution >= 0.6 is 0 Å². The third kappa shape index (κ3) is 3.81. The second-order valence-corrected chi connectivity index (χ2v) is 5.45. The van der Waals surface area contributed by atoms with Gasteiger partial charge in [0.15, 0.2) is 0 Å². The molecule has 0 aliphatic heterocycles. The molecule has 0 heterocycles. The van der Waals surface area contributed by atoms with Gasteiger partial charge in [-0.2, -0.15) is 0 Å². The fourth-order valence-electron chi connectivity index (χ4n) is 1.97. The Morgan fingerprint density at radius 3 is 2.45 bits per heavy atom. The molecular weight excluding hydrogens is 256 g/mol. The number of hydrogen-bond donors (Lipinski definition) is 3. The average Bonchev–Trinajstić information content (AvgIpc) is 3.14. The summed E-state index contributed by atoms with van der Waals surface area (Å²) in [6.45, 7) is 3.88. The highest BCUT2D eigenvalue weighted by Crippen LogP contribution is 2.38. The first-order valence-electron chi connectivity index (χ1n) is 6.84. The van der Waals surface area contributed by atoms with Crippen LogP contribution in [-0.2, 0) is 4.79 Å². The SMILES string of the molecule is CC(O)CNC(=O)c1ccc(NC(=O)C2CC2C)cc1. The molecule has 3 N–H and O–H groups in total. The summed E-state index contributed by atoms with van der Waals surface area (Å²) in [5.74, 6) is 0.410. The number of carbonyl (C=O) groups is 2. The summed E-state index contributed by atoms with van der Waals surface area (Å²) in [6.07, 6.45) is 0.379. The zero-order valence-corrected chi connectivity index (χ0v) is 11.7. The first-order chi connectivity index (χ1) is 9.47. The van der Waals surface area contributed by atoms with Gasteiger partial charge < -0.3 is 15.7 Å². The van der Waals surface area contributed by atoms with Crippen LogP contribution in [0.1, 0.15) is 30.6 Å². The van der Waals surface area contributed by atoms with Crippen LogP contribution in [0.3, 0.4) is 0 Å². The van der Waals surface area contributed by atoms with Crippen LogP contribution in [0.4, 0.5) is 5.69 Å². The van der Waals surface area contributed by atoms with Gasteiger partial charge in [-0.15, -0.1) is 0 Å². The molecule has 3 atom stereocenters. The maximum absolute atomic E-state index is 11.8. The summed E-state index contributed by atoms with van der Waals surface area (Å²) < 4.78 is 0. The Morgan fingerprint density at radius 1 is 1.35 bits per heavy atom. The monoisotopic (exact) mass is 276 g/mol. The van der Waals surface area contributed by atoms with Gasteiger partial charge >= 0.3 is 0 Å². The van der Waals surface area contributed by atoms with Gasteiger partial charge in [-0.1, -0.05) is 6.92 Å². The highest BCUT2D eigenvalue weighted by molar-refractivity contribution is 5.96. The maximum atomic E-state index is 11.8. The van der Waals surface area contributed by atoms with Crippen LogP contribution in [0.2, 0.25) is 0 Å². The quantitative estimate of drug-likeness (QED) is 0.760. The lowest BCUT2D eigenvalue weighted by molar-refractivity contribution is -0.117. The van der Waals surface area contributed by atoms with E-state index >= 15 is 0 Å². The smallest absolute Gasteiger partial charge is 0.251 e. The summed E-state index contributed by atoms with van der Waals surface area (Å²) in [5.41, 5.74) is 1.20. The topological polar surface area (TPSA) is 78.4 Å². The van der Waals surface area contributed by atoms with Crippen molar-refractivity contribution in [3.63, 3.8) is 0 Å². The van der Waals surface area contributed by atoms with E-state index in [0.717, 1.165) is 6.42 Å². The van der Waals surface area contributed by atoms with Crippen molar-refractivity contribution in [2.75, 3.05) is 11.9 Å². The number of carbonyl (C=O) groups excluding carboxylic acids is 2. The normalized spacial score (nSPS) is 21.9. The fourth-order valence-corrected chi connectivity index (χ4v) is 1.97. The lowest BCUT2D eigenvalue weighted by atomic mass is 10.2. The van der Waals surface area contributed by atoms with Crippen molar-refractivity contribution >= 4 is 17.5 Å². The Labute approximate surface area is 118 Å². The number of aliphatic hydroxyl groups excluding tert-OH is 1. The third-order valence-corrected chi connectivity index (χ3v) is 3.42. The van der Waals surface area contributed by atoms with E-state index < -0.39 is 6.10 Å². The molecule has 1 fully saturated rings. The summed E-state index contributed by atoms with van der Waals surface area (Å²) in [4.78, 5) is 23.5. The number of rotatable bonds is 5. The standard InChI is InChI=1S/C15H20N2O3/c1-9-7-13(9)15(20)17-12-5-3-11(4-6-12)14(19)16-8-10(2)18/h3-6,9-10,13,18H,7-8H2,1-2H3,(H,16,19)(H,17,20). The molecule has 108 valence electrons. The van der Waals surface area contributed by atoms with E-state index in [1.54, 1.807) is 31.2 Å². The highest BCUT2D eigenvalue weighted by Gasteiger charge is 2.38. The molecule has 1 aromatic carbocycles. The number of nitrogens with one attached hydrogen (secondary N) is 2. The minimum Gasteiger partial charge on any atom is -0.392 e. The predicted molar refractivity (Wildman–Crippen MR) is 76.4 cm³/mol. The highest BCUT2D eigenvalue weighted by atomic mass is 16.3. The van der Waals surface area contributed by atoms with Crippen molar-refractivity contribution in [1.82, 2.24) is 5.32 Å². The Balaban J connectivity index is 1.89. The first kappa shape index (κ1) is 14.5. The number of aliphatic hydroxyl groups is 1. The van der Waals surface area contributed by atoms with E-state index in [0.29, 0.717) is 17.2 Å². The second kappa shape index (κ2) is 6.05. The Bertz CT molecular complexity index is 496. The zero-order chi connectivity index (χ0) is 14.7. The molecule has 2 amide bonds. The number of anilines is 1. The van der Waals surface area contributed by atoms with Crippen molar-refractivity contribution in [2.45, 2.75) is 26.4 Å². The molecule has 0 aromatic heterocycles. The molecular formula is C15H20N2O3. The summed E-state index contributed by atoms with van der Waals surface area (Å²) in [6, 6.07) is 6.73. The van der Waals surface area contributed by atoms with E-state index in [1.807, 2.05) is 0 Å². The number of hydrogen-bond acceptors (Lipinski definition) is 3. The molecule has 3 unspecified atom stereocenters. The van der Waals surface area contributed by atoms with Crippen LogP contribution in [0.25, 0.3) is 0 Å². The van der Waals surface area contributed by atoms with Crippen molar-refractivity contribution < 1.29 is 14.7 Å². The molecule has 0 spiro atoms. The Hall–Kier alpha value is -1.88. The lowest BCUT2D eigenvalue weighted by Crippen LogP contribution is -2.30. The number of benzene rings is 1. The van der Waals surface area contributed by atoms with Gasteiger partial charge in [0.05, 0.1) is 6.10 Å². The third-order valence-electron chi connectivity index (χ3n) is 3.42. The van der Waals surface area contributed by atoms with Crippen molar-refractivity contribution in [2.24, 2.45) is 11.8 Å². The van der Waals surface area contributed by atoms with Crippen LogP contribution in [-0.4, -0.2) is 29.6 Å². The minimum atomic E-state index is -0.571. The lowest BCUT2D eigenvalue weighted by Gasteiger charge is -2.08. The molecule has 5 nitrogen and oxygen atoms in total. The van der Waals surface area contributed by atoms with Gasteiger partial charge in [-0.05, 0) is 43.5 Å². The van der Waals surface area contributed by atoms with Gasteiger partial charge in [0.2, 0.25) is 5.91 Å². The molecule has 0 bridgehead atoms. The van der Waals surface area contributed by atoms with Crippen LogP contribution < -0.4 is 10.6 Å². The first-order valence-corrected chi connectivity index (χ1v) is 6.84. The molecule has 1 aromatic rings. The molecule has 1 aliphatic carbocycles. The van der Waals surface area contributed by atoms with Crippen LogP contribution in [0.15, 0.2) is 24.3 Å². The largest absolute Gasteiger partial charge is 0.392 e. The van der Waals surface area contributed by atoms with E-state index in [1.165, 1.54) is 0 Å². The van der Waals surface area contributed by atoms with E-state index in [-0.39, 0.29) is 24.3 Å². The van der Waals surface area contributed by atoms with Gasteiger partial charge in [0.25, 0.3) is 5.91 Å². The minimum absolute atomic E-state index is 0.0452. The zero-order valence-electron chi connectivity index (χ0n) is 11.7. The van der Waals surface area contributed by atoms with Crippen molar-refractivity contribution in [1.29, 1.82) is 0 Å². The predicted octanol–water partition coefficient (Wildman–Crippen LogP) is 1.39. The number of amides is 2. The van der Waals surface area contributed by atoms with Gasteiger partial charge in [0, 0.05) is 23.7 Å². The fraction of sp³-hybridized carbons (Fsp3) is 0.467. The summed E-state index contributed by atoms with van der Waals surface area (Å²) in [5, 5.41) is 14.6. The van der Waals surface area contributed by atoms with E-state index in [2.05, 4.69) is 17.6 Å². The van der Waals surface area contributed by atoms with Crippen molar-refractivity contribution in [3.8, 4) is 0 Å². The molecule has 5 heteroatoms. The molecule has 0 radical (unpaired) electrons. The molecule has 2 rings (SSSR count). The van der Waals surface area contributed by atoms with Gasteiger partial charge in [-0.25, -0.2) is 0 Å². The van der Waals surface area contributed by atoms with Gasteiger partial charge in [-0.3, -0.25) is 9.59 Å². The maximum Gasteiger partial charge on any atom is 0.251 e. The van der Waals surface area contributed by atoms with E-state index in [4.69, 9.17) is 5.11 Å². The summed E-state index contributed by atoms with van der Waals surface area (Å²) in [7, 11) is 0. The Kier molecular flexibility index (Phi) is 4.39. The Morgan fingerprint density at radius 2 is 1.95 bits per heavy atom. The van der Waals surface area contributed by atoms with E-state index in [9.17, 15) is 9.59 Å². The molecule has 20 heavy (non-hydrogen) atoms. The molecule has 0 saturated heterocycles. The average molecular weight is 276 g/mol. The second-order valence-electron chi connectivity index (χ2n) is 5.45.